The second kappa shape index (κ2) is 7.39. The molecule has 0 radical (unpaired) electrons. The molecule has 1 aromatic heterocycles. The Bertz CT molecular complexity index is 916. The standard InChI is InChI=1S/C22H26N4O3/c1-16-15-18(20(27)26-10-4-6-17-5-2-3-7-19(17)26)24-21(23-16)25-11-8-22(9-12-25)28-13-14-29-22/h2-3,5,7,15H,4,6,8-14H2,1H3. The van der Waals surface area contributed by atoms with E-state index in [1.165, 1.54) is 5.56 Å². The maximum atomic E-state index is 13.3. The van der Waals surface area contributed by atoms with Crippen LogP contribution in [0.2, 0.25) is 0 Å². The number of carbonyl (C=O) groups excluding carboxylic acids is 1. The first kappa shape index (κ1) is 18.5. The van der Waals surface area contributed by atoms with Gasteiger partial charge in [0.25, 0.3) is 5.91 Å². The van der Waals surface area contributed by atoms with Gasteiger partial charge in [0.2, 0.25) is 5.95 Å². The molecule has 3 aliphatic rings. The summed E-state index contributed by atoms with van der Waals surface area (Å²) < 4.78 is 11.6. The summed E-state index contributed by atoms with van der Waals surface area (Å²) in [5, 5.41) is 0. The van der Waals surface area contributed by atoms with E-state index in [4.69, 9.17) is 9.47 Å². The van der Waals surface area contributed by atoms with Crippen molar-refractivity contribution in [1.29, 1.82) is 0 Å². The SMILES string of the molecule is Cc1cc(C(=O)N2CCCc3ccccc32)nc(N2CCC3(CC2)OCCO3)n1. The van der Waals surface area contributed by atoms with Crippen LogP contribution in [0.5, 0.6) is 0 Å². The van der Waals surface area contributed by atoms with Gasteiger partial charge in [-0.25, -0.2) is 9.97 Å². The second-order valence-electron chi connectivity index (χ2n) is 7.98. The van der Waals surface area contributed by atoms with E-state index in [0.717, 1.165) is 56.7 Å². The summed E-state index contributed by atoms with van der Waals surface area (Å²) in [4.78, 5) is 26.6. The van der Waals surface area contributed by atoms with Crippen LogP contribution in [0.3, 0.4) is 0 Å². The molecule has 2 saturated heterocycles. The number of rotatable bonds is 2. The fraction of sp³-hybridized carbons (Fsp3) is 0.500. The van der Waals surface area contributed by atoms with E-state index < -0.39 is 5.79 Å². The van der Waals surface area contributed by atoms with Crippen molar-refractivity contribution in [3.63, 3.8) is 0 Å². The number of amides is 1. The molecule has 0 atom stereocenters. The lowest BCUT2D eigenvalue weighted by atomic mass is 10.0. The summed E-state index contributed by atoms with van der Waals surface area (Å²) in [5.41, 5.74) is 3.48. The number of hydrogen-bond donors (Lipinski definition) is 0. The molecular formula is C22H26N4O3. The Kier molecular flexibility index (Phi) is 4.72. The summed E-state index contributed by atoms with van der Waals surface area (Å²) in [6.45, 7) is 5.47. The highest BCUT2D eigenvalue weighted by Crippen LogP contribution is 2.33. The van der Waals surface area contributed by atoms with Crippen molar-refractivity contribution in [2.45, 2.75) is 38.4 Å². The van der Waals surface area contributed by atoms with Gasteiger partial charge >= 0.3 is 0 Å². The minimum absolute atomic E-state index is 0.0557. The molecule has 0 aliphatic carbocycles. The minimum Gasteiger partial charge on any atom is -0.347 e. The molecule has 0 bridgehead atoms. The summed E-state index contributed by atoms with van der Waals surface area (Å²) >= 11 is 0. The van der Waals surface area contributed by atoms with Crippen molar-refractivity contribution in [2.75, 3.05) is 42.6 Å². The van der Waals surface area contributed by atoms with Crippen LogP contribution in [0.25, 0.3) is 0 Å². The molecule has 152 valence electrons. The van der Waals surface area contributed by atoms with Gasteiger partial charge in [-0.1, -0.05) is 18.2 Å². The van der Waals surface area contributed by atoms with Gasteiger partial charge < -0.3 is 19.3 Å². The van der Waals surface area contributed by atoms with Crippen LogP contribution >= 0.6 is 0 Å². The summed E-state index contributed by atoms with van der Waals surface area (Å²) in [6.07, 6.45) is 3.54. The normalized spacial score (nSPS) is 20.7. The van der Waals surface area contributed by atoms with E-state index in [2.05, 4.69) is 20.9 Å². The zero-order valence-electron chi connectivity index (χ0n) is 16.8. The summed E-state index contributed by atoms with van der Waals surface area (Å²) in [7, 11) is 0. The van der Waals surface area contributed by atoms with Crippen LogP contribution in [0.15, 0.2) is 30.3 Å². The van der Waals surface area contributed by atoms with Crippen LogP contribution in [-0.4, -0.2) is 54.5 Å². The number of benzene rings is 1. The van der Waals surface area contributed by atoms with E-state index in [1.54, 1.807) is 6.07 Å². The molecule has 4 heterocycles. The van der Waals surface area contributed by atoms with Gasteiger partial charge in [0.1, 0.15) is 5.69 Å². The maximum absolute atomic E-state index is 13.3. The first-order valence-electron chi connectivity index (χ1n) is 10.4. The lowest BCUT2D eigenvalue weighted by Gasteiger charge is -2.37. The number of anilines is 2. The van der Waals surface area contributed by atoms with E-state index in [0.29, 0.717) is 24.9 Å². The van der Waals surface area contributed by atoms with E-state index in [1.807, 2.05) is 30.0 Å². The third-order valence-electron chi connectivity index (χ3n) is 6.04. The van der Waals surface area contributed by atoms with Crippen molar-refractivity contribution in [2.24, 2.45) is 0 Å². The number of para-hydroxylation sites is 1. The van der Waals surface area contributed by atoms with Crippen molar-refractivity contribution in [1.82, 2.24) is 9.97 Å². The lowest BCUT2D eigenvalue weighted by molar-refractivity contribution is -0.169. The predicted octanol–water partition coefficient (Wildman–Crippen LogP) is 2.72. The van der Waals surface area contributed by atoms with Crippen molar-refractivity contribution in [3.8, 4) is 0 Å². The van der Waals surface area contributed by atoms with Crippen LogP contribution in [0.4, 0.5) is 11.6 Å². The zero-order chi connectivity index (χ0) is 19.8. The molecule has 1 amide bonds. The smallest absolute Gasteiger partial charge is 0.277 e. The topological polar surface area (TPSA) is 67.8 Å². The first-order valence-corrected chi connectivity index (χ1v) is 10.4. The van der Waals surface area contributed by atoms with Crippen LogP contribution in [0, 0.1) is 6.92 Å². The van der Waals surface area contributed by atoms with E-state index >= 15 is 0 Å². The maximum Gasteiger partial charge on any atom is 0.277 e. The Morgan fingerprint density at radius 1 is 1.07 bits per heavy atom. The van der Waals surface area contributed by atoms with E-state index in [9.17, 15) is 4.79 Å². The fourth-order valence-corrected chi connectivity index (χ4v) is 4.52. The quantitative estimate of drug-likeness (QED) is 0.780. The number of aryl methyl sites for hydroxylation is 2. The zero-order valence-corrected chi connectivity index (χ0v) is 16.8. The number of aromatic nitrogens is 2. The molecule has 1 aromatic carbocycles. The highest BCUT2D eigenvalue weighted by Gasteiger charge is 2.40. The largest absolute Gasteiger partial charge is 0.347 e. The fourth-order valence-electron chi connectivity index (χ4n) is 4.52. The molecule has 29 heavy (non-hydrogen) atoms. The molecule has 1 spiro atoms. The van der Waals surface area contributed by atoms with Crippen LogP contribution < -0.4 is 9.80 Å². The predicted molar refractivity (Wildman–Crippen MR) is 109 cm³/mol. The number of ether oxygens (including phenoxy) is 2. The van der Waals surface area contributed by atoms with Crippen molar-refractivity contribution >= 4 is 17.5 Å². The van der Waals surface area contributed by atoms with Gasteiger partial charge in [0.15, 0.2) is 5.79 Å². The summed E-state index contributed by atoms with van der Waals surface area (Å²) in [6, 6.07) is 9.92. The van der Waals surface area contributed by atoms with Crippen molar-refractivity contribution in [3.05, 3.63) is 47.3 Å². The monoisotopic (exact) mass is 394 g/mol. The minimum atomic E-state index is -0.434. The lowest BCUT2D eigenvalue weighted by Crippen LogP contribution is -2.46. The molecular weight excluding hydrogens is 368 g/mol. The average molecular weight is 394 g/mol. The molecule has 3 aliphatic heterocycles. The van der Waals surface area contributed by atoms with E-state index in [-0.39, 0.29) is 5.91 Å². The number of hydrogen-bond acceptors (Lipinski definition) is 6. The second-order valence-corrected chi connectivity index (χ2v) is 7.98. The molecule has 0 N–H and O–H groups in total. The first-order chi connectivity index (χ1) is 14.1. The van der Waals surface area contributed by atoms with Gasteiger partial charge in [0.05, 0.1) is 13.2 Å². The molecule has 0 saturated carbocycles. The van der Waals surface area contributed by atoms with Crippen LogP contribution in [-0.2, 0) is 15.9 Å². The third kappa shape index (κ3) is 3.49. The van der Waals surface area contributed by atoms with Gasteiger partial charge in [0, 0.05) is 43.9 Å². The third-order valence-corrected chi connectivity index (χ3v) is 6.04. The Balaban J connectivity index is 1.38. The molecule has 7 nitrogen and oxygen atoms in total. The Morgan fingerprint density at radius 2 is 1.83 bits per heavy atom. The molecule has 2 fully saturated rings. The van der Waals surface area contributed by atoms with Crippen LogP contribution in [0.1, 0.15) is 41.0 Å². The van der Waals surface area contributed by atoms with Crippen molar-refractivity contribution < 1.29 is 14.3 Å². The number of piperidine rings is 1. The Morgan fingerprint density at radius 3 is 2.62 bits per heavy atom. The molecule has 7 heteroatoms. The Hall–Kier alpha value is -2.51. The molecule has 5 rings (SSSR count). The molecule has 0 unspecified atom stereocenters. The number of nitrogens with zero attached hydrogens (tertiary/aromatic N) is 4. The summed E-state index contributed by atoms with van der Waals surface area (Å²) in [5.74, 6) is 0.127. The van der Waals surface area contributed by atoms with Gasteiger partial charge in [-0.05, 0) is 37.5 Å². The highest BCUT2D eigenvalue weighted by molar-refractivity contribution is 6.05. The number of carbonyl (C=O) groups is 1. The highest BCUT2D eigenvalue weighted by atomic mass is 16.7. The van der Waals surface area contributed by atoms with Gasteiger partial charge in [-0.15, -0.1) is 0 Å². The van der Waals surface area contributed by atoms with Gasteiger partial charge in [-0.2, -0.15) is 0 Å². The Labute approximate surface area is 170 Å². The molecule has 2 aromatic rings. The van der Waals surface area contributed by atoms with Gasteiger partial charge in [-0.3, -0.25) is 4.79 Å². The number of fused-ring (bicyclic) bond motifs is 1. The average Bonchev–Trinajstić information content (AvgIpc) is 3.21.